The summed E-state index contributed by atoms with van der Waals surface area (Å²) in [7, 11) is 0. The minimum Gasteiger partial charge on any atom is -0.502 e. The van der Waals surface area contributed by atoms with Crippen LogP contribution in [-0.4, -0.2) is 21.2 Å². The van der Waals surface area contributed by atoms with Crippen molar-refractivity contribution in [2.45, 2.75) is 10.1 Å². The maximum Gasteiger partial charge on any atom is 0.250 e. The van der Waals surface area contributed by atoms with Gasteiger partial charge in [0.05, 0.1) is 5.75 Å². The van der Waals surface area contributed by atoms with E-state index in [1.807, 2.05) is 24.3 Å². The first-order valence-corrected chi connectivity index (χ1v) is 10.1. The Morgan fingerprint density at radius 1 is 1.37 bits per heavy atom. The standard InChI is InChI=1S/C17H12BrN3O4S2/c18-11-3-1-2-10(6-11)4-5-15(24)19-16-20-21-17(27-16)26-9-12-7-13(22)14(23)8-25-12/h1-8,23H,9H2,(H,19,20,24)/b5-4+. The highest BCUT2D eigenvalue weighted by atomic mass is 79.9. The van der Waals surface area contributed by atoms with Crippen molar-refractivity contribution in [2.75, 3.05) is 5.32 Å². The molecule has 7 nitrogen and oxygen atoms in total. The molecule has 3 rings (SSSR count). The van der Waals surface area contributed by atoms with Crippen molar-refractivity contribution in [3.63, 3.8) is 0 Å². The van der Waals surface area contributed by atoms with E-state index in [0.717, 1.165) is 16.3 Å². The van der Waals surface area contributed by atoms with Crippen LogP contribution < -0.4 is 10.7 Å². The van der Waals surface area contributed by atoms with Gasteiger partial charge in [-0.15, -0.1) is 10.2 Å². The second-order valence-corrected chi connectivity index (χ2v) is 8.25. The molecule has 2 aromatic heterocycles. The lowest BCUT2D eigenvalue weighted by molar-refractivity contribution is -0.111. The van der Waals surface area contributed by atoms with Crippen LogP contribution in [0.2, 0.25) is 0 Å². The Kier molecular flexibility index (Phi) is 6.43. The van der Waals surface area contributed by atoms with Crippen molar-refractivity contribution in [3.8, 4) is 5.75 Å². The van der Waals surface area contributed by atoms with E-state index in [0.29, 0.717) is 21.0 Å². The number of rotatable bonds is 6. The minimum absolute atomic E-state index is 0.313. The fourth-order valence-corrected chi connectivity index (χ4v) is 3.96. The number of hydrogen-bond donors (Lipinski definition) is 2. The average Bonchev–Trinajstić information content (AvgIpc) is 3.08. The normalized spacial score (nSPS) is 11.0. The third kappa shape index (κ3) is 5.78. The number of halogens is 1. The van der Waals surface area contributed by atoms with Crippen LogP contribution in [-0.2, 0) is 10.5 Å². The topological polar surface area (TPSA) is 105 Å². The summed E-state index contributed by atoms with van der Waals surface area (Å²) in [5, 5.41) is 20.1. The summed E-state index contributed by atoms with van der Waals surface area (Å²) in [6.07, 6.45) is 4.12. The van der Waals surface area contributed by atoms with Gasteiger partial charge in [-0.2, -0.15) is 0 Å². The number of aromatic nitrogens is 2. The highest BCUT2D eigenvalue weighted by Crippen LogP contribution is 2.28. The Hall–Kier alpha value is -2.43. The summed E-state index contributed by atoms with van der Waals surface area (Å²) in [5.74, 6) is 0.00859. The fraction of sp³-hybridized carbons (Fsp3) is 0.0588. The number of thioether (sulfide) groups is 1. The highest BCUT2D eigenvalue weighted by molar-refractivity contribution is 9.10. The minimum atomic E-state index is -0.501. The first-order valence-electron chi connectivity index (χ1n) is 7.51. The number of benzene rings is 1. The summed E-state index contributed by atoms with van der Waals surface area (Å²) in [4.78, 5) is 23.3. The number of carbonyl (C=O) groups excluding carboxylic acids is 1. The first kappa shape index (κ1) is 19.3. The number of carbonyl (C=O) groups is 1. The molecule has 1 aromatic carbocycles. The maximum atomic E-state index is 12.0. The van der Waals surface area contributed by atoms with Gasteiger partial charge < -0.3 is 9.52 Å². The van der Waals surface area contributed by atoms with Crippen LogP contribution in [0.1, 0.15) is 11.3 Å². The maximum absolute atomic E-state index is 12.0. The van der Waals surface area contributed by atoms with Gasteiger partial charge in [-0.1, -0.05) is 51.2 Å². The van der Waals surface area contributed by atoms with E-state index in [-0.39, 0.29) is 5.91 Å². The van der Waals surface area contributed by atoms with E-state index in [1.54, 1.807) is 6.08 Å². The first-order chi connectivity index (χ1) is 13.0. The molecule has 0 bridgehead atoms. The van der Waals surface area contributed by atoms with Crippen molar-refractivity contribution >= 4 is 56.1 Å². The van der Waals surface area contributed by atoms with Crippen molar-refractivity contribution in [3.05, 3.63) is 68.7 Å². The quantitative estimate of drug-likeness (QED) is 0.323. The zero-order chi connectivity index (χ0) is 19.2. The van der Waals surface area contributed by atoms with Crippen LogP contribution in [0.25, 0.3) is 6.08 Å². The smallest absolute Gasteiger partial charge is 0.250 e. The zero-order valence-corrected chi connectivity index (χ0v) is 16.8. The van der Waals surface area contributed by atoms with Gasteiger partial charge in [0.1, 0.15) is 12.0 Å². The second-order valence-electron chi connectivity index (χ2n) is 5.14. The van der Waals surface area contributed by atoms with Crippen molar-refractivity contribution in [2.24, 2.45) is 0 Å². The van der Waals surface area contributed by atoms with Crippen LogP contribution in [0.15, 0.2) is 60.7 Å². The Balaban J connectivity index is 1.54. The SMILES string of the molecule is O=C(/C=C/c1cccc(Br)c1)Nc1nnc(SCc2cc(=O)c(O)co2)s1. The monoisotopic (exact) mass is 465 g/mol. The molecule has 10 heteroatoms. The van der Waals surface area contributed by atoms with Gasteiger partial charge in [0.2, 0.25) is 16.5 Å². The Bertz CT molecular complexity index is 1050. The van der Waals surface area contributed by atoms with Gasteiger partial charge in [-0.25, -0.2) is 0 Å². The molecule has 27 heavy (non-hydrogen) atoms. The molecule has 0 atom stereocenters. The third-order valence-corrected chi connectivity index (χ3v) is 5.60. The molecule has 0 radical (unpaired) electrons. The summed E-state index contributed by atoms with van der Waals surface area (Å²) in [6.45, 7) is 0. The molecule has 0 saturated heterocycles. The lowest BCUT2D eigenvalue weighted by Crippen LogP contribution is -2.07. The predicted octanol–water partition coefficient (Wildman–Crippen LogP) is 3.90. The number of amides is 1. The molecule has 2 heterocycles. The van der Waals surface area contributed by atoms with Crippen LogP contribution in [0.5, 0.6) is 5.75 Å². The molecular weight excluding hydrogens is 454 g/mol. The van der Waals surface area contributed by atoms with Crippen LogP contribution in [0.3, 0.4) is 0 Å². The molecule has 3 aromatic rings. The van der Waals surface area contributed by atoms with E-state index in [4.69, 9.17) is 9.52 Å². The summed E-state index contributed by atoms with van der Waals surface area (Å²) < 4.78 is 6.66. The highest BCUT2D eigenvalue weighted by Gasteiger charge is 2.09. The van der Waals surface area contributed by atoms with Gasteiger partial charge in [0, 0.05) is 16.6 Å². The van der Waals surface area contributed by atoms with Gasteiger partial charge in [-0.05, 0) is 23.8 Å². The van der Waals surface area contributed by atoms with Crippen molar-refractivity contribution < 1.29 is 14.3 Å². The van der Waals surface area contributed by atoms with E-state index in [2.05, 4.69) is 31.4 Å². The van der Waals surface area contributed by atoms with E-state index >= 15 is 0 Å². The summed E-state index contributed by atoms with van der Waals surface area (Å²) >= 11 is 5.89. The molecule has 1 amide bonds. The van der Waals surface area contributed by atoms with Crippen LogP contribution in [0.4, 0.5) is 5.13 Å². The second kappa shape index (κ2) is 8.98. The summed E-state index contributed by atoms with van der Waals surface area (Å²) in [6, 6.07) is 8.78. The molecule has 2 N–H and O–H groups in total. The molecule has 0 fully saturated rings. The number of hydrogen-bond acceptors (Lipinski definition) is 8. The van der Waals surface area contributed by atoms with Gasteiger partial charge in [-0.3, -0.25) is 14.9 Å². The molecular formula is C17H12BrN3O4S2. The number of aromatic hydroxyl groups is 1. The molecule has 0 saturated carbocycles. The number of nitrogens with zero attached hydrogens (tertiary/aromatic N) is 2. The fourth-order valence-electron chi connectivity index (χ4n) is 1.90. The van der Waals surface area contributed by atoms with Crippen LogP contribution in [0, 0.1) is 0 Å². The molecule has 0 spiro atoms. The van der Waals surface area contributed by atoms with E-state index in [1.165, 1.54) is 35.2 Å². The summed E-state index contributed by atoms with van der Waals surface area (Å²) in [5.41, 5.74) is 0.391. The third-order valence-electron chi connectivity index (χ3n) is 3.12. The van der Waals surface area contributed by atoms with Crippen molar-refractivity contribution in [1.82, 2.24) is 10.2 Å². The largest absolute Gasteiger partial charge is 0.502 e. The Labute approximate surface area is 170 Å². The predicted molar refractivity (Wildman–Crippen MR) is 108 cm³/mol. The molecule has 0 aliphatic carbocycles. The molecule has 0 aliphatic heterocycles. The lowest BCUT2D eigenvalue weighted by atomic mass is 10.2. The molecule has 138 valence electrons. The van der Waals surface area contributed by atoms with Crippen LogP contribution >= 0.6 is 39.0 Å². The molecule has 0 unspecified atom stereocenters. The van der Waals surface area contributed by atoms with Gasteiger partial charge >= 0.3 is 0 Å². The number of anilines is 1. The van der Waals surface area contributed by atoms with E-state index in [9.17, 15) is 9.59 Å². The lowest BCUT2D eigenvalue weighted by Gasteiger charge is -1.97. The number of nitrogens with one attached hydrogen (secondary N) is 1. The van der Waals surface area contributed by atoms with Gasteiger partial charge in [0.25, 0.3) is 0 Å². The zero-order valence-electron chi connectivity index (χ0n) is 13.6. The van der Waals surface area contributed by atoms with Crippen molar-refractivity contribution in [1.29, 1.82) is 0 Å². The average molecular weight is 466 g/mol. The Morgan fingerprint density at radius 3 is 3.00 bits per heavy atom. The van der Waals surface area contributed by atoms with E-state index < -0.39 is 11.2 Å². The van der Waals surface area contributed by atoms with Gasteiger partial charge in [0.15, 0.2) is 10.1 Å². The molecule has 0 aliphatic rings. The Morgan fingerprint density at radius 2 is 2.22 bits per heavy atom.